The van der Waals surface area contributed by atoms with Gasteiger partial charge in [0.15, 0.2) is 0 Å². The standard InChI is InChI=1S/C23H35NO3/c1-5-26-21-20(16-10-9-15-19-13-7-6-8-14-19)17-11-12-18-24(21)22(25)27-23(2,3)4/h6-9,13-15,20-21H,5,10-12,16-18H2,1-4H3/b15-9-. The third-order valence-electron chi connectivity index (χ3n) is 4.71. The topological polar surface area (TPSA) is 38.8 Å². The Morgan fingerprint density at radius 1 is 1.22 bits per heavy atom. The Balaban J connectivity index is 2.01. The maximum Gasteiger partial charge on any atom is 0.412 e. The lowest BCUT2D eigenvalue weighted by atomic mass is 9.95. The van der Waals surface area contributed by atoms with Crippen LogP contribution in [0.25, 0.3) is 6.08 Å². The zero-order valence-electron chi connectivity index (χ0n) is 17.3. The molecule has 1 aliphatic rings. The predicted octanol–water partition coefficient (Wildman–Crippen LogP) is 5.88. The van der Waals surface area contributed by atoms with Crippen LogP contribution in [-0.2, 0) is 9.47 Å². The van der Waals surface area contributed by atoms with Gasteiger partial charge in [0.05, 0.1) is 0 Å². The van der Waals surface area contributed by atoms with Gasteiger partial charge in [-0.25, -0.2) is 4.79 Å². The average Bonchev–Trinajstić information content (AvgIpc) is 2.81. The molecule has 0 saturated carbocycles. The van der Waals surface area contributed by atoms with E-state index in [1.165, 1.54) is 5.56 Å². The molecule has 0 radical (unpaired) electrons. The van der Waals surface area contributed by atoms with Crippen LogP contribution in [0.15, 0.2) is 36.4 Å². The van der Waals surface area contributed by atoms with Gasteiger partial charge in [-0.15, -0.1) is 0 Å². The summed E-state index contributed by atoms with van der Waals surface area (Å²) < 4.78 is 11.7. The molecule has 0 bridgehead atoms. The molecule has 1 aliphatic heterocycles. The zero-order chi connectivity index (χ0) is 19.7. The summed E-state index contributed by atoms with van der Waals surface area (Å²) in [5.74, 6) is 0.334. The molecule has 1 fully saturated rings. The molecule has 0 aliphatic carbocycles. The summed E-state index contributed by atoms with van der Waals surface area (Å²) in [6, 6.07) is 10.3. The molecule has 4 nitrogen and oxygen atoms in total. The third kappa shape index (κ3) is 7.37. The van der Waals surface area contributed by atoms with Crippen molar-refractivity contribution in [1.29, 1.82) is 0 Å². The van der Waals surface area contributed by atoms with E-state index in [-0.39, 0.29) is 12.3 Å². The monoisotopic (exact) mass is 373 g/mol. The van der Waals surface area contributed by atoms with Crippen molar-refractivity contribution in [1.82, 2.24) is 4.90 Å². The van der Waals surface area contributed by atoms with Crippen molar-refractivity contribution in [3.05, 3.63) is 42.0 Å². The third-order valence-corrected chi connectivity index (χ3v) is 4.71. The van der Waals surface area contributed by atoms with E-state index < -0.39 is 5.60 Å². The number of carbonyl (C=O) groups is 1. The molecule has 2 unspecified atom stereocenters. The van der Waals surface area contributed by atoms with E-state index in [1.807, 2.05) is 38.7 Å². The first-order valence-corrected chi connectivity index (χ1v) is 10.2. The Labute approximate surface area is 164 Å². The van der Waals surface area contributed by atoms with Crippen molar-refractivity contribution in [2.45, 2.75) is 71.6 Å². The first kappa shape index (κ1) is 21.5. The Bertz CT molecular complexity index is 591. The van der Waals surface area contributed by atoms with Crippen molar-refractivity contribution < 1.29 is 14.3 Å². The van der Waals surface area contributed by atoms with E-state index in [0.717, 1.165) is 32.1 Å². The van der Waals surface area contributed by atoms with Crippen molar-refractivity contribution in [2.75, 3.05) is 13.2 Å². The van der Waals surface area contributed by atoms with E-state index in [2.05, 4.69) is 36.4 Å². The Kier molecular flexibility index (Phi) is 8.36. The summed E-state index contributed by atoms with van der Waals surface area (Å²) in [6.45, 7) is 9.01. The molecule has 2 rings (SSSR count). The molecule has 0 N–H and O–H groups in total. The van der Waals surface area contributed by atoms with Crippen LogP contribution >= 0.6 is 0 Å². The van der Waals surface area contributed by atoms with Gasteiger partial charge in [0.25, 0.3) is 0 Å². The minimum atomic E-state index is -0.492. The maximum atomic E-state index is 12.7. The van der Waals surface area contributed by atoms with Gasteiger partial charge in [-0.2, -0.15) is 0 Å². The Hall–Kier alpha value is -1.81. The number of ether oxygens (including phenoxy) is 2. The number of likely N-dealkylation sites (tertiary alicyclic amines) is 1. The first-order chi connectivity index (χ1) is 12.9. The van der Waals surface area contributed by atoms with E-state index in [9.17, 15) is 4.79 Å². The summed E-state index contributed by atoms with van der Waals surface area (Å²) in [4.78, 5) is 14.5. The molecular weight excluding hydrogens is 338 g/mol. The zero-order valence-corrected chi connectivity index (χ0v) is 17.3. The lowest BCUT2D eigenvalue weighted by molar-refractivity contribution is -0.0886. The largest absolute Gasteiger partial charge is 0.444 e. The maximum absolute atomic E-state index is 12.7. The Morgan fingerprint density at radius 2 is 1.96 bits per heavy atom. The normalized spacial score (nSPS) is 21.3. The average molecular weight is 374 g/mol. The molecule has 1 amide bonds. The number of benzene rings is 1. The summed E-state index contributed by atoms with van der Waals surface area (Å²) in [5.41, 5.74) is 0.726. The molecule has 4 heteroatoms. The fraction of sp³-hybridized carbons (Fsp3) is 0.609. The number of amides is 1. The summed E-state index contributed by atoms with van der Waals surface area (Å²) >= 11 is 0. The highest BCUT2D eigenvalue weighted by Crippen LogP contribution is 2.29. The van der Waals surface area contributed by atoms with Crippen molar-refractivity contribution in [3.63, 3.8) is 0 Å². The summed E-state index contributed by atoms with van der Waals surface area (Å²) in [5, 5.41) is 0. The first-order valence-electron chi connectivity index (χ1n) is 10.2. The molecule has 1 aromatic rings. The van der Waals surface area contributed by atoms with Crippen molar-refractivity contribution in [2.24, 2.45) is 5.92 Å². The highest BCUT2D eigenvalue weighted by molar-refractivity contribution is 5.68. The number of carbonyl (C=O) groups excluding carboxylic acids is 1. The van der Waals surface area contributed by atoms with Gasteiger partial charge < -0.3 is 9.47 Å². The van der Waals surface area contributed by atoms with Crippen LogP contribution in [0.3, 0.4) is 0 Å². The fourth-order valence-corrected chi connectivity index (χ4v) is 3.51. The van der Waals surface area contributed by atoms with Gasteiger partial charge in [-0.1, -0.05) is 48.9 Å². The van der Waals surface area contributed by atoms with Gasteiger partial charge in [0.2, 0.25) is 0 Å². The number of rotatable bonds is 6. The summed E-state index contributed by atoms with van der Waals surface area (Å²) in [6.07, 6.45) is 9.13. The molecule has 1 heterocycles. The van der Waals surface area contributed by atoms with Crippen LogP contribution in [0.4, 0.5) is 4.79 Å². The van der Waals surface area contributed by atoms with Crippen LogP contribution in [0, 0.1) is 5.92 Å². The second-order valence-corrected chi connectivity index (χ2v) is 8.17. The van der Waals surface area contributed by atoms with Crippen LogP contribution in [0.1, 0.15) is 65.4 Å². The van der Waals surface area contributed by atoms with Gasteiger partial charge in [-0.05, 0) is 58.9 Å². The van der Waals surface area contributed by atoms with Gasteiger partial charge >= 0.3 is 6.09 Å². The quantitative estimate of drug-likeness (QED) is 0.625. The molecular formula is C23H35NO3. The van der Waals surface area contributed by atoms with Crippen LogP contribution < -0.4 is 0 Å². The molecule has 150 valence electrons. The summed E-state index contributed by atoms with van der Waals surface area (Å²) in [7, 11) is 0. The van der Waals surface area contributed by atoms with Gasteiger partial charge in [0, 0.05) is 19.1 Å². The molecule has 2 atom stereocenters. The lowest BCUT2D eigenvalue weighted by Crippen LogP contribution is -2.47. The number of allylic oxidation sites excluding steroid dienone is 1. The van der Waals surface area contributed by atoms with Crippen LogP contribution in [0.2, 0.25) is 0 Å². The van der Waals surface area contributed by atoms with E-state index in [4.69, 9.17) is 9.47 Å². The minimum Gasteiger partial charge on any atom is -0.444 e. The molecule has 0 spiro atoms. The second kappa shape index (κ2) is 10.5. The molecule has 0 aromatic heterocycles. The van der Waals surface area contributed by atoms with Gasteiger partial charge in [0.1, 0.15) is 11.8 Å². The lowest BCUT2D eigenvalue weighted by Gasteiger charge is -2.35. The van der Waals surface area contributed by atoms with E-state index >= 15 is 0 Å². The number of nitrogens with zero attached hydrogens (tertiary/aromatic N) is 1. The van der Waals surface area contributed by atoms with Crippen LogP contribution in [-0.4, -0.2) is 36.0 Å². The van der Waals surface area contributed by atoms with Gasteiger partial charge in [-0.3, -0.25) is 4.90 Å². The highest BCUT2D eigenvalue weighted by atomic mass is 16.6. The van der Waals surface area contributed by atoms with E-state index in [0.29, 0.717) is 19.1 Å². The Morgan fingerprint density at radius 3 is 2.63 bits per heavy atom. The minimum absolute atomic E-state index is 0.197. The molecule has 27 heavy (non-hydrogen) atoms. The fourth-order valence-electron chi connectivity index (χ4n) is 3.51. The van der Waals surface area contributed by atoms with Crippen molar-refractivity contribution in [3.8, 4) is 0 Å². The smallest absolute Gasteiger partial charge is 0.412 e. The van der Waals surface area contributed by atoms with E-state index in [1.54, 1.807) is 0 Å². The number of hydrogen-bond acceptors (Lipinski definition) is 3. The number of hydrogen-bond donors (Lipinski definition) is 0. The predicted molar refractivity (Wildman–Crippen MR) is 110 cm³/mol. The second-order valence-electron chi connectivity index (χ2n) is 8.17. The van der Waals surface area contributed by atoms with Crippen LogP contribution in [0.5, 0.6) is 0 Å². The molecule has 1 aromatic carbocycles. The SMILES string of the molecule is CCOC1C(CC/C=C\c2ccccc2)CCCCN1C(=O)OC(C)(C)C. The molecule has 1 saturated heterocycles. The van der Waals surface area contributed by atoms with Crippen molar-refractivity contribution >= 4 is 12.2 Å². The highest BCUT2D eigenvalue weighted by Gasteiger charge is 2.35.